The van der Waals surface area contributed by atoms with Gasteiger partial charge in [-0.25, -0.2) is 10.2 Å². The molecule has 0 fully saturated rings. The number of ether oxygens (including phenoxy) is 1. The van der Waals surface area contributed by atoms with Gasteiger partial charge in [-0.1, -0.05) is 6.07 Å². The van der Waals surface area contributed by atoms with Gasteiger partial charge in [0, 0.05) is 17.0 Å². The SMILES string of the molecule is COc1cc([N+](=O)[O-])cc2cc(C(=O)N/N=C/c3ccc(-c4ccc(C(=O)O)cc4C)o3)oc12. The molecule has 34 heavy (non-hydrogen) atoms. The predicted molar refractivity (Wildman–Crippen MR) is 120 cm³/mol. The van der Waals surface area contributed by atoms with Crippen molar-refractivity contribution in [2.75, 3.05) is 7.11 Å². The number of fused-ring (bicyclic) bond motifs is 1. The lowest BCUT2D eigenvalue weighted by Gasteiger charge is -2.03. The number of rotatable bonds is 7. The van der Waals surface area contributed by atoms with Gasteiger partial charge in [0.1, 0.15) is 11.5 Å². The minimum absolute atomic E-state index is 0.111. The fraction of sp³-hybridized carbons (Fsp3) is 0.0870. The molecule has 11 nitrogen and oxygen atoms in total. The number of carboxylic acid groups (broad SMARTS) is 1. The minimum Gasteiger partial charge on any atom is -0.493 e. The number of nitro groups is 1. The summed E-state index contributed by atoms with van der Waals surface area (Å²) < 4.78 is 16.3. The second-order valence-electron chi connectivity index (χ2n) is 7.17. The molecular weight excluding hydrogens is 446 g/mol. The van der Waals surface area contributed by atoms with E-state index < -0.39 is 16.8 Å². The summed E-state index contributed by atoms with van der Waals surface area (Å²) in [6.07, 6.45) is 1.29. The van der Waals surface area contributed by atoms with Gasteiger partial charge in [0.05, 0.1) is 29.9 Å². The number of aromatic carboxylic acids is 1. The largest absolute Gasteiger partial charge is 0.493 e. The fourth-order valence-corrected chi connectivity index (χ4v) is 3.32. The minimum atomic E-state index is -1.02. The smallest absolute Gasteiger partial charge is 0.335 e. The second kappa shape index (κ2) is 8.90. The van der Waals surface area contributed by atoms with Crippen LogP contribution in [0.25, 0.3) is 22.3 Å². The van der Waals surface area contributed by atoms with E-state index in [1.54, 1.807) is 31.2 Å². The molecule has 11 heteroatoms. The van der Waals surface area contributed by atoms with Crippen LogP contribution in [0.5, 0.6) is 5.75 Å². The van der Waals surface area contributed by atoms with Crippen LogP contribution in [0, 0.1) is 17.0 Å². The number of methoxy groups -OCH3 is 1. The van der Waals surface area contributed by atoms with Gasteiger partial charge in [-0.15, -0.1) is 0 Å². The molecule has 2 heterocycles. The van der Waals surface area contributed by atoms with E-state index in [-0.39, 0.29) is 28.3 Å². The van der Waals surface area contributed by atoms with Gasteiger partial charge in [-0.05, 0) is 42.8 Å². The third-order valence-electron chi connectivity index (χ3n) is 4.94. The maximum absolute atomic E-state index is 12.4. The number of hydrogen-bond donors (Lipinski definition) is 2. The normalized spacial score (nSPS) is 11.1. The van der Waals surface area contributed by atoms with Crippen LogP contribution in [-0.4, -0.2) is 35.2 Å². The Morgan fingerprint density at radius 1 is 1.15 bits per heavy atom. The van der Waals surface area contributed by atoms with E-state index in [2.05, 4.69) is 10.5 Å². The molecule has 0 aliphatic rings. The van der Waals surface area contributed by atoms with Crippen molar-refractivity contribution in [1.82, 2.24) is 5.43 Å². The number of hydrazone groups is 1. The summed E-state index contributed by atoms with van der Waals surface area (Å²) in [6.45, 7) is 1.77. The summed E-state index contributed by atoms with van der Waals surface area (Å²) in [4.78, 5) is 34.0. The quantitative estimate of drug-likeness (QED) is 0.232. The van der Waals surface area contributed by atoms with Crippen molar-refractivity contribution in [1.29, 1.82) is 0 Å². The third-order valence-corrected chi connectivity index (χ3v) is 4.94. The number of nitrogens with one attached hydrogen (secondary N) is 1. The number of nitro benzene ring substituents is 1. The zero-order valence-electron chi connectivity index (χ0n) is 17.9. The van der Waals surface area contributed by atoms with Crippen molar-refractivity contribution in [2.45, 2.75) is 6.92 Å². The van der Waals surface area contributed by atoms with Crippen LogP contribution in [0.1, 0.15) is 32.2 Å². The summed E-state index contributed by atoms with van der Waals surface area (Å²) in [5, 5.41) is 24.3. The predicted octanol–water partition coefficient (Wildman–Crippen LogP) is 4.38. The monoisotopic (exact) mass is 463 g/mol. The van der Waals surface area contributed by atoms with Crippen molar-refractivity contribution >= 4 is 34.7 Å². The Hall–Kier alpha value is -4.93. The maximum atomic E-state index is 12.4. The Balaban J connectivity index is 1.49. The molecule has 2 N–H and O–H groups in total. The molecule has 1 amide bonds. The van der Waals surface area contributed by atoms with E-state index in [0.717, 1.165) is 11.1 Å². The first-order chi connectivity index (χ1) is 16.3. The highest BCUT2D eigenvalue weighted by Crippen LogP contribution is 2.33. The van der Waals surface area contributed by atoms with Crippen LogP contribution in [-0.2, 0) is 0 Å². The van der Waals surface area contributed by atoms with Crippen LogP contribution in [0.4, 0.5) is 5.69 Å². The zero-order chi connectivity index (χ0) is 24.4. The van der Waals surface area contributed by atoms with Crippen LogP contribution >= 0.6 is 0 Å². The average molecular weight is 463 g/mol. The molecule has 2 aromatic carbocycles. The summed E-state index contributed by atoms with van der Waals surface area (Å²) in [5.74, 6) is -0.823. The van der Waals surface area contributed by atoms with Gasteiger partial charge < -0.3 is 18.7 Å². The van der Waals surface area contributed by atoms with Crippen LogP contribution in [0.3, 0.4) is 0 Å². The molecule has 0 aliphatic carbocycles. The molecule has 0 radical (unpaired) electrons. The average Bonchev–Trinajstić information content (AvgIpc) is 3.45. The molecule has 0 saturated heterocycles. The lowest BCUT2D eigenvalue weighted by molar-refractivity contribution is -0.384. The highest BCUT2D eigenvalue weighted by Gasteiger charge is 2.19. The summed E-state index contributed by atoms with van der Waals surface area (Å²) >= 11 is 0. The number of carbonyl (C=O) groups excluding carboxylic acids is 1. The molecule has 4 rings (SSSR count). The molecular formula is C23H17N3O8. The standard InChI is InChI=1S/C23H17N3O8/c1-12-7-13(23(28)29)3-5-17(12)18-6-4-16(33-18)11-24-25-22(27)20-9-14-8-15(26(30)31)10-19(32-2)21(14)34-20/h3-11H,1-2H3,(H,25,27)(H,28,29)/b24-11+. The molecule has 2 aromatic heterocycles. The number of carbonyl (C=O) groups is 2. The summed E-state index contributed by atoms with van der Waals surface area (Å²) in [7, 11) is 1.34. The molecule has 4 aromatic rings. The zero-order valence-corrected chi connectivity index (χ0v) is 17.9. The molecule has 0 bridgehead atoms. The summed E-state index contributed by atoms with van der Waals surface area (Å²) in [5.41, 5.74) is 3.92. The van der Waals surface area contributed by atoms with Gasteiger partial charge in [-0.3, -0.25) is 14.9 Å². The Labute approximate surface area is 191 Å². The second-order valence-corrected chi connectivity index (χ2v) is 7.17. The van der Waals surface area contributed by atoms with Crippen LogP contribution < -0.4 is 10.2 Å². The molecule has 0 spiro atoms. The number of amides is 1. The number of nitrogens with zero attached hydrogens (tertiary/aromatic N) is 2. The highest BCUT2D eigenvalue weighted by molar-refractivity contribution is 5.98. The Morgan fingerprint density at radius 3 is 2.62 bits per heavy atom. The van der Waals surface area contributed by atoms with Gasteiger partial charge in [0.2, 0.25) is 0 Å². The van der Waals surface area contributed by atoms with Gasteiger partial charge in [-0.2, -0.15) is 5.10 Å². The number of benzene rings is 2. The van der Waals surface area contributed by atoms with E-state index >= 15 is 0 Å². The van der Waals surface area contributed by atoms with E-state index in [1.165, 1.54) is 37.6 Å². The Kier molecular flexibility index (Phi) is 5.83. The van der Waals surface area contributed by atoms with Crippen molar-refractivity contribution < 1.29 is 33.2 Å². The first kappa shape index (κ1) is 22.3. The van der Waals surface area contributed by atoms with Crippen LogP contribution in [0.2, 0.25) is 0 Å². The summed E-state index contributed by atoms with van der Waals surface area (Å²) in [6, 6.07) is 11.9. The molecule has 0 atom stereocenters. The molecule has 172 valence electrons. The lowest BCUT2D eigenvalue weighted by Crippen LogP contribution is -2.16. The first-order valence-corrected chi connectivity index (χ1v) is 9.80. The van der Waals surface area contributed by atoms with Gasteiger partial charge in [0.25, 0.3) is 5.69 Å². The van der Waals surface area contributed by atoms with Crippen molar-refractivity contribution in [3.05, 3.63) is 81.3 Å². The highest BCUT2D eigenvalue weighted by atomic mass is 16.6. The van der Waals surface area contributed by atoms with Crippen LogP contribution in [0.15, 0.2) is 62.5 Å². The number of carboxylic acids is 1. The topological polar surface area (TPSA) is 157 Å². The Morgan fingerprint density at radius 2 is 1.94 bits per heavy atom. The van der Waals surface area contributed by atoms with E-state index in [4.69, 9.17) is 18.7 Å². The number of non-ortho nitro benzene ring substituents is 1. The van der Waals surface area contributed by atoms with Crippen molar-refractivity contribution in [3.63, 3.8) is 0 Å². The third kappa shape index (κ3) is 4.35. The van der Waals surface area contributed by atoms with Crippen molar-refractivity contribution in [2.24, 2.45) is 5.10 Å². The first-order valence-electron chi connectivity index (χ1n) is 9.80. The molecule has 0 saturated carbocycles. The maximum Gasteiger partial charge on any atom is 0.335 e. The number of hydrogen-bond acceptors (Lipinski definition) is 8. The lowest BCUT2D eigenvalue weighted by atomic mass is 10.0. The number of furan rings is 2. The van der Waals surface area contributed by atoms with E-state index in [1.807, 2.05) is 0 Å². The number of aryl methyl sites for hydroxylation is 1. The van der Waals surface area contributed by atoms with E-state index in [0.29, 0.717) is 16.9 Å². The molecule has 0 unspecified atom stereocenters. The van der Waals surface area contributed by atoms with Crippen molar-refractivity contribution in [3.8, 4) is 17.1 Å². The molecule has 0 aliphatic heterocycles. The fourth-order valence-electron chi connectivity index (χ4n) is 3.32. The Bertz CT molecular complexity index is 1460. The van der Waals surface area contributed by atoms with Gasteiger partial charge in [0.15, 0.2) is 17.1 Å². The van der Waals surface area contributed by atoms with Gasteiger partial charge >= 0.3 is 11.9 Å². The van der Waals surface area contributed by atoms with E-state index in [9.17, 15) is 19.7 Å².